The summed E-state index contributed by atoms with van der Waals surface area (Å²) in [4.78, 5) is 3.89. The van der Waals surface area contributed by atoms with E-state index in [0.717, 1.165) is 24.4 Å². The highest BCUT2D eigenvalue weighted by Crippen LogP contribution is 2.19. The monoisotopic (exact) mass is 310 g/mol. The fourth-order valence-corrected chi connectivity index (χ4v) is 2.50. The van der Waals surface area contributed by atoms with Crippen LogP contribution in [0, 0.1) is 0 Å². The van der Waals surface area contributed by atoms with Crippen molar-refractivity contribution in [2.45, 2.75) is 25.8 Å². The molecule has 118 valence electrons. The number of fused-ring (bicyclic) bond motifs is 1. The molecule has 1 aromatic heterocycles. The van der Waals surface area contributed by atoms with Gasteiger partial charge in [-0.05, 0) is 45.0 Å². The number of furan rings is 1. The molecule has 0 saturated carbocycles. The van der Waals surface area contributed by atoms with Crippen molar-refractivity contribution in [2.75, 3.05) is 34.2 Å². The van der Waals surface area contributed by atoms with E-state index in [-0.39, 0.29) is 12.4 Å². The van der Waals surface area contributed by atoms with Gasteiger partial charge < -0.3 is 21.7 Å². The number of nitrogens with zero attached hydrogens (tertiary/aromatic N) is 1. The number of benzene rings is 1. The molecule has 0 unspecified atom stereocenters. The fraction of sp³-hybridized carbons (Fsp3) is 0.529. The minimum absolute atomic E-state index is 0. The lowest BCUT2D eigenvalue weighted by Gasteiger charge is -2.15. The van der Waals surface area contributed by atoms with Gasteiger partial charge in [0, 0.05) is 5.39 Å². The van der Waals surface area contributed by atoms with Crippen LogP contribution in [0.4, 0.5) is 0 Å². The zero-order valence-electron chi connectivity index (χ0n) is 13.4. The molecule has 0 saturated heterocycles. The first-order chi connectivity index (χ1) is 9.65. The Bertz CT molecular complexity index is 491. The molecule has 1 heterocycles. The quantitative estimate of drug-likeness (QED) is 0.644. The lowest BCUT2D eigenvalue weighted by atomic mass is 10.2. The Kier molecular flexibility index (Phi) is 7.79. The van der Waals surface area contributed by atoms with Crippen LogP contribution in [0.1, 0.15) is 25.0 Å². The number of quaternary nitrogens is 1. The Morgan fingerprint density at radius 1 is 1.10 bits per heavy atom. The van der Waals surface area contributed by atoms with Crippen LogP contribution >= 0.6 is 0 Å². The standard InChI is InChI=1S/C17H26N2O.ClH/c1-18(2)11-7-4-8-12-19(3)14-16-13-15-9-5-6-10-17(15)20-16;/h5-6,9-10,13H,4,7-8,11-12,14H2,1-3H3;1H. The molecular weight excluding hydrogens is 284 g/mol. The lowest BCUT2D eigenvalue weighted by molar-refractivity contribution is -0.858. The highest BCUT2D eigenvalue weighted by Gasteiger charge is 2.06. The highest BCUT2D eigenvalue weighted by atomic mass is 35.5. The second-order valence-electron chi connectivity index (χ2n) is 6.01. The van der Waals surface area contributed by atoms with Gasteiger partial charge in [0.1, 0.15) is 11.3 Å². The van der Waals surface area contributed by atoms with Crippen LogP contribution in [-0.2, 0) is 6.54 Å². The Labute approximate surface area is 134 Å². The molecular formula is C17H27ClN2O. The van der Waals surface area contributed by atoms with Crippen LogP contribution in [0.25, 0.3) is 11.0 Å². The van der Waals surface area contributed by atoms with Crippen molar-refractivity contribution >= 4 is 11.0 Å². The maximum atomic E-state index is 5.85. The molecule has 0 aliphatic rings. The molecule has 2 rings (SSSR count). The average molecular weight is 311 g/mol. The molecule has 1 aromatic carbocycles. The summed E-state index contributed by atoms with van der Waals surface area (Å²) in [7, 11) is 6.60. The molecule has 0 fully saturated rings. The van der Waals surface area contributed by atoms with E-state index in [0.29, 0.717) is 0 Å². The topological polar surface area (TPSA) is 20.8 Å². The summed E-state index contributed by atoms with van der Waals surface area (Å²) in [6.07, 6.45) is 3.90. The third-order valence-corrected chi connectivity index (χ3v) is 3.62. The van der Waals surface area contributed by atoms with Crippen LogP contribution in [-0.4, -0.2) is 39.1 Å². The van der Waals surface area contributed by atoms with Crippen molar-refractivity contribution in [1.82, 2.24) is 4.90 Å². The summed E-state index contributed by atoms with van der Waals surface area (Å²) < 4.78 is 5.85. The van der Waals surface area contributed by atoms with E-state index in [1.165, 1.54) is 31.2 Å². The first kappa shape index (κ1) is 18.0. The summed E-state index contributed by atoms with van der Waals surface area (Å²) in [6, 6.07) is 10.4. The SMILES string of the molecule is CN(CCCCC[NH+](C)C)Cc1cc2ccccc2o1.[Cl-]. The van der Waals surface area contributed by atoms with Gasteiger partial charge in [-0.1, -0.05) is 18.2 Å². The van der Waals surface area contributed by atoms with E-state index in [1.807, 2.05) is 12.1 Å². The number of para-hydroxylation sites is 1. The summed E-state index contributed by atoms with van der Waals surface area (Å²) in [5.74, 6) is 1.06. The number of rotatable bonds is 8. The minimum Gasteiger partial charge on any atom is -1.00 e. The third-order valence-electron chi connectivity index (χ3n) is 3.62. The van der Waals surface area contributed by atoms with E-state index in [9.17, 15) is 0 Å². The Morgan fingerprint density at radius 3 is 2.57 bits per heavy atom. The zero-order chi connectivity index (χ0) is 14.4. The Hall–Kier alpha value is -1.03. The first-order valence-electron chi connectivity index (χ1n) is 7.60. The molecule has 0 aliphatic carbocycles. The van der Waals surface area contributed by atoms with Crippen molar-refractivity contribution in [3.8, 4) is 0 Å². The van der Waals surface area contributed by atoms with Crippen LogP contribution < -0.4 is 17.3 Å². The minimum atomic E-state index is 0. The normalized spacial score (nSPS) is 11.3. The van der Waals surface area contributed by atoms with Gasteiger partial charge in [-0.15, -0.1) is 0 Å². The zero-order valence-corrected chi connectivity index (χ0v) is 14.1. The number of halogens is 1. The predicted octanol–water partition coefficient (Wildman–Crippen LogP) is -0.817. The predicted molar refractivity (Wildman–Crippen MR) is 84.1 cm³/mol. The van der Waals surface area contributed by atoms with Gasteiger partial charge in [0.15, 0.2) is 0 Å². The number of hydrogen-bond acceptors (Lipinski definition) is 2. The molecule has 21 heavy (non-hydrogen) atoms. The van der Waals surface area contributed by atoms with Gasteiger partial charge in [0.2, 0.25) is 0 Å². The van der Waals surface area contributed by atoms with Crippen molar-refractivity contribution in [3.05, 3.63) is 36.1 Å². The summed E-state index contributed by atoms with van der Waals surface area (Å²) in [6.45, 7) is 3.31. The highest BCUT2D eigenvalue weighted by molar-refractivity contribution is 5.77. The fourth-order valence-electron chi connectivity index (χ4n) is 2.50. The van der Waals surface area contributed by atoms with Gasteiger partial charge in [-0.25, -0.2) is 0 Å². The van der Waals surface area contributed by atoms with Gasteiger partial charge >= 0.3 is 0 Å². The van der Waals surface area contributed by atoms with Gasteiger partial charge in [-0.3, -0.25) is 4.90 Å². The average Bonchev–Trinajstić information content (AvgIpc) is 2.79. The summed E-state index contributed by atoms with van der Waals surface area (Å²) >= 11 is 0. The molecule has 0 aliphatic heterocycles. The lowest BCUT2D eigenvalue weighted by Crippen LogP contribution is -3.05. The van der Waals surface area contributed by atoms with Crippen molar-refractivity contribution < 1.29 is 21.7 Å². The van der Waals surface area contributed by atoms with E-state index in [1.54, 1.807) is 4.90 Å². The summed E-state index contributed by atoms with van der Waals surface area (Å²) in [5.41, 5.74) is 0.991. The maximum absolute atomic E-state index is 5.85. The molecule has 0 spiro atoms. The third kappa shape index (κ3) is 6.08. The van der Waals surface area contributed by atoms with E-state index >= 15 is 0 Å². The van der Waals surface area contributed by atoms with Gasteiger partial charge in [-0.2, -0.15) is 0 Å². The van der Waals surface area contributed by atoms with Crippen LogP contribution in [0.3, 0.4) is 0 Å². The van der Waals surface area contributed by atoms with Gasteiger partial charge in [0.05, 0.1) is 27.2 Å². The van der Waals surface area contributed by atoms with E-state index in [4.69, 9.17) is 4.42 Å². The number of hydrogen-bond donors (Lipinski definition) is 1. The second kappa shape index (κ2) is 9.08. The first-order valence-corrected chi connectivity index (χ1v) is 7.60. The molecule has 0 atom stereocenters. The van der Waals surface area contributed by atoms with E-state index < -0.39 is 0 Å². The smallest absolute Gasteiger partial charge is 0.134 e. The maximum Gasteiger partial charge on any atom is 0.134 e. The Balaban J connectivity index is 0.00000220. The molecule has 0 radical (unpaired) electrons. The Morgan fingerprint density at radius 2 is 1.86 bits per heavy atom. The number of nitrogens with one attached hydrogen (secondary N) is 1. The van der Waals surface area contributed by atoms with Crippen LogP contribution in [0.2, 0.25) is 0 Å². The molecule has 0 amide bonds. The molecule has 3 nitrogen and oxygen atoms in total. The largest absolute Gasteiger partial charge is 1.00 e. The van der Waals surface area contributed by atoms with Crippen LogP contribution in [0.5, 0.6) is 0 Å². The molecule has 0 bridgehead atoms. The van der Waals surface area contributed by atoms with Crippen molar-refractivity contribution in [3.63, 3.8) is 0 Å². The number of unbranched alkanes of at least 4 members (excludes halogenated alkanes) is 2. The van der Waals surface area contributed by atoms with Crippen LogP contribution in [0.15, 0.2) is 34.7 Å². The summed E-state index contributed by atoms with van der Waals surface area (Å²) in [5, 5.41) is 1.20. The van der Waals surface area contributed by atoms with Crippen molar-refractivity contribution in [2.24, 2.45) is 0 Å². The van der Waals surface area contributed by atoms with Gasteiger partial charge in [0.25, 0.3) is 0 Å². The van der Waals surface area contributed by atoms with E-state index in [2.05, 4.69) is 44.2 Å². The molecule has 1 N–H and O–H groups in total. The van der Waals surface area contributed by atoms with Crippen molar-refractivity contribution in [1.29, 1.82) is 0 Å². The molecule has 2 aromatic rings. The second-order valence-corrected chi connectivity index (χ2v) is 6.01. The molecule has 4 heteroatoms.